The highest BCUT2D eigenvalue weighted by Gasteiger charge is 2.15. The van der Waals surface area contributed by atoms with Crippen molar-refractivity contribution in [3.8, 4) is 0 Å². The first-order valence-electron chi connectivity index (χ1n) is 5.15. The van der Waals surface area contributed by atoms with Gasteiger partial charge >= 0.3 is 0 Å². The molecular weight excluding hydrogens is 230 g/mol. The van der Waals surface area contributed by atoms with Gasteiger partial charge in [0.2, 0.25) is 5.91 Å². The normalized spacial score (nSPS) is 13.2. The molecule has 0 aliphatic rings. The van der Waals surface area contributed by atoms with Gasteiger partial charge in [0.1, 0.15) is 0 Å². The number of hydrogen-bond acceptors (Lipinski definition) is 3. The van der Waals surface area contributed by atoms with Crippen molar-refractivity contribution in [3.63, 3.8) is 0 Å². The molecule has 0 aliphatic heterocycles. The van der Waals surface area contributed by atoms with Gasteiger partial charge in [0, 0.05) is 12.1 Å². The lowest BCUT2D eigenvalue weighted by Gasteiger charge is -2.08. The van der Waals surface area contributed by atoms with E-state index < -0.39 is 15.4 Å². The van der Waals surface area contributed by atoms with Crippen molar-refractivity contribution >= 4 is 16.0 Å². The molecule has 0 heterocycles. The van der Waals surface area contributed by atoms with Crippen LogP contribution in [0, 0.1) is 0 Å². The summed E-state index contributed by atoms with van der Waals surface area (Å²) in [6.45, 7) is 7.06. The predicted molar refractivity (Wildman–Crippen MR) is 62.7 cm³/mol. The van der Waals surface area contributed by atoms with Crippen LogP contribution in [0.5, 0.6) is 0 Å². The van der Waals surface area contributed by atoms with Crippen molar-refractivity contribution in [3.05, 3.63) is 12.2 Å². The number of amides is 1. The van der Waals surface area contributed by atoms with Crippen LogP contribution < -0.4 is 5.32 Å². The van der Waals surface area contributed by atoms with E-state index >= 15 is 0 Å². The van der Waals surface area contributed by atoms with Crippen LogP contribution in [-0.4, -0.2) is 30.7 Å². The second-order valence-corrected chi connectivity index (χ2v) is 5.69. The Morgan fingerprint density at radius 1 is 1.44 bits per heavy atom. The summed E-state index contributed by atoms with van der Waals surface area (Å²) < 4.78 is 30.0. The molecule has 0 fully saturated rings. The molecule has 0 saturated carbocycles. The maximum absolute atomic E-state index is 11.1. The lowest BCUT2D eigenvalue weighted by molar-refractivity contribution is -0.117. The van der Waals surface area contributed by atoms with Gasteiger partial charge in [-0.3, -0.25) is 9.35 Å². The van der Waals surface area contributed by atoms with Gasteiger partial charge in [0.05, 0.1) is 5.25 Å². The summed E-state index contributed by atoms with van der Waals surface area (Å²) in [4.78, 5) is 11.1. The number of carbonyl (C=O) groups excluding carboxylic acids is 1. The third-order valence-electron chi connectivity index (χ3n) is 2.22. The van der Waals surface area contributed by atoms with Crippen molar-refractivity contribution in [1.82, 2.24) is 5.32 Å². The summed E-state index contributed by atoms with van der Waals surface area (Å²) in [7, 11) is -3.92. The minimum atomic E-state index is -3.92. The molecular formula is C10H19NO4S. The third kappa shape index (κ3) is 6.58. The van der Waals surface area contributed by atoms with E-state index in [9.17, 15) is 13.2 Å². The van der Waals surface area contributed by atoms with Crippen LogP contribution in [0.3, 0.4) is 0 Å². The van der Waals surface area contributed by atoms with E-state index in [4.69, 9.17) is 4.55 Å². The van der Waals surface area contributed by atoms with Crippen molar-refractivity contribution in [2.24, 2.45) is 0 Å². The average Bonchev–Trinajstić information content (AvgIpc) is 2.14. The first kappa shape index (κ1) is 15.1. The number of hydrogen-bond donors (Lipinski definition) is 2. The van der Waals surface area contributed by atoms with Gasteiger partial charge < -0.3 is 5.32 Å². The summed E-state index contributed by atoms with van der Waals surface area (Å²) in [6.07, 6.45) is 1.71. The van der Waals surface area contributed by atoms with E-state index in [2.05, 4.69) is 11.9 Å². The van der Waals surface area contributed by atoms with E-state index in [0.717, 1.165) is 0 Å². The molecule has 6 heteroatoms. The van der Waals surface area contributed by atoms with Crippen molar-refractivity contribution < 1.29 is 17.8 Å². The summed E-state index contributed by atoms with van der Waals surface area (Å²) in [5.74, 6) is -0.192. The first-order chi connectivity index (χ1) is 7.25. The topological polar surface area (TPSA) is 83.5 Å². The molecule has 0 rings (SSSR count). The zero-order valence-corrected chi connectivity index (χ0v) is 10.5. The summed E-state index contributed by atoms with van der Waals surface area (Å²) in [5, 5.41) is 1.90. The number of carbonyl (C=O) groups is 1. The highest BCUT2D eigenvalue weighted by molar-refractivity contribution is 7.86. The molecule has 0 aromatic heterocycles. The molecule has 0 aromatic rings. The second kappa shape index (κ2) is 6.65. The van der Waals surface area contributed by atoms with E-state index in [0.29, 0.717) is 31.4 Å². The van der Waals surface area contributed by atoms with E-state index in [1.165, 1.54) is 6.92 Å². The summed E-state index contributed by atoms with van der Waals surface area (Å²) in [5.41, 5.74) is 0.450. The van der Waals surface area contributed by atoms with E-state index in [-0.39, 0.29) is 5.91 Å². The molecule has 1 atom stereocenters. The van der Waals surface area contributed by atoms with Crippen LogP contribution in [0.4, 0.5) is 0 Å². The Hall–Kier alpha value is -0.880. The zero-order valence-electron chi connectivity index (χ0n) is 9.69. The van der Waals surface area contributed by atoms with Crippen LogP contribution in [-0.2, 0) is 14.9 Å². The molecule has 0 spiro atoms. The van der Waals surface area contributed by atoms with Crippen LogP contribution in [0.15, 0.2) is 12.2 Å². The monoisotopic (exact) mass is 249 g/mol. The molecule has 1 amide bonds. The molecule has 0 radical (unpaired) electrons. The molecule has 94 valence electrons. The molecule has 0 aliphatic carbocycles. The molecule has 0 aromatic carbocycles. The van der Waals surface area contributed by atoms with Gasteiger partial charge in [0.25, 0.3) is 10.1 Å². The van der Waals surface area contributed by atoms with Crippen molar-refractivity contribution in [2.75, 3.05) is 6.54 Å². The summed E-state index contributed by atoms with van der Waals surface area (Å²) >= 11 is 0. The second-order valence-electron chi connectivity index (χ2n) is 3.86. The molecule has 1 unspecified atom stereocenters. The molecule has 0 saturated heterocycles. The fourth-order valence-electron chi connectivity index (χ4n) is 1.06. The molecule has 16 heavy (non-hydrogen) atoms. The minimum Gasteiger partial charge on any atom is -0.352 e. The van der Waals surface area contributed by atoms with Gasteiger partial charge in [0.15, 0.2) is 0 Å². The maximum atomic E-state index is 11.1. The van der Waals surface area contributed by atoms with Crippen LogP contribution in [0.2, 0.25) is 0 Å². The van der Waals surface area contributed by atoms with Crippen LogP contribution in [0.25, 0.3) is 0 Å². The van der Waals surface area contributed by atoms with Crippen LogP contribution in [0.1, 0.15) is 33.1 Å². The Balaban J connectivity index is 3.63. The highest BCUT2D eigenvalue weighted by Crippen LogP contribution is 2.07. The lowest BCUT2D eigenvalue weighted by Crippen LogP contribution is -2.25. The average molecular weight is 249 g/mol. The van der Waals surface area contributed by atoms with E-state index in [1.807, 2.05) is 0 Å². The third-order valence-corrected chi connectivity index (χ3v) is 3.47. The van der Waals surface area contributed by atoms with Gasteiger partial charge in [-0.2, -0.15) is 8.42 Å². The fraction of sp³-hybridized carbons (Fsp3) is 0.700. The van der Waals surface area contributed by atoms with Gasteiger partial charge in [-0.1, -0.05) is 13.0 Å². The molecule has 0 bridgehead atoms. The highest BCUT2D eigenvalue weighted by atomic mass is 32.2. The Bertz CT molecular complexity index is 348. The minimum absolute atomic E-state index is 0.192. The zero-order chi connectivity index (χ0) is 12.8. The number of unbranched alkanes of at least 4 members (excludes halogenated alkanes) is 1. The first-order valence-corrected chi connectivity index (χ1v) is 6.65. The quantitative estimate of drug-likeness (QED) is 0.402. The number of nitrogens with one attached hydrogen (secondary N) is 1. The van der Waals surface area contributed by atoms with Gasteiger partial charge in [-0.15, -0.1) is 0 Å². The lowest BCUT2D eigenvalue weighted by atomic mass is 10.2. The van der Waals surface area contributed by atoms with Gasteiger partial charge in [-0.05, 0) is 26.7 Å². The maximum Gasteiger partial charge on any atom is 0.267 e. The molecule has 2 N–H and O–H groups in total. The Kier molecular flexibility index (Phi) is 6.28. The smallest absolute Gasteiger partial charge is 0.267 e. The van der Waals surface area contributed by atoms with Crippen molar-refractivity contribution in [1.29, 1.82) is 0 Å². The Morgan fingerprint density at radius 3 is 2.44 bits per heavy atom. The fourth-order valence-corrected chi connectivity index (χ4v) is 1.52. The largest absolute Gasteiger partial charge is 0.352 e. The van der Waals surface area contributed by atoms with Gasteiger partial charge in [-0.25, -0.2) is 0 Å². The SMILES string of the molecule is C=C(C)C(=O)NCCCCC(C)S(=O)(=O)O. The Labute approximate surface area is 96.7 Å². The van der Waals surface area contributed by atoms with E-state index in [1.54, 1.807) is 6.92 Å². The Morgan fingerprint density at radius 2 is 2.00 bits per heavy atom. The van der Waals surface area contributed by atoms with Crippen LogP contribution >= 0.6 is 0 Å². The summed E-state index contributed by atoms with van der Waals surface area (Å²) in [6, 6.07) is 0. The predicted octanol–water partition coefficient (Wildman–Crippen LogP) is 1.13. The van der Waals surface area contributed by atoms with Crippen molar-refractivity contribution in [2.45, 2.75) is 38.4 Å². The molecule has 5 nitrogen and oxygen atoms in total. The standard InChI is InChI=1S/C10H19NO4S/c1-8(2)10(12)11-7-5-4-6-9(3)16(13,14)15/h9H,1,4-7H2,2-3H3,(H,11,12)(H,13,14,15). The number of rotatable bonds is 7.